The molecule has 33 heavy (non-hydrogen) atoms. The van der Waals surface area contributed by atoms with E-state index in [9.17, 15) is 14.4 Å². The molecule has 0 saturated carbocycles. The van der Waals surface area contributed by atoms with Crippen LogP contribution in [0.2, 0.25) is 0 Å². The van der Waals surface area contributed by atoms with Crippen LogP contribution in [0.4, 0.5) is 11.4 Å². The van der Waals surface area contributed by atoms with Crippen molar-refractivity contribution in [2.24, 2.45) is 10.2 Å². The second kappa shape index (κ2) is 9.27. The van der Waals surface area contributed by atoms with Gasteiger partial charge in [-0.3, -0.25) is 19.7 Å². The van der Waals surface area contributed by atoms with Crippen LogP contribution in [0.3, 0.4) is 0 Å². The van der Waals surface area contributed by atoms with Crippen molar-refractivity contribution in [2.75, 3.05) is 20.8 Å². The quantitative estimate of drug-likeness (QED) is 0.509. The van der Waals surface area contributed by atoms with Gasteiger partial charge in [-0.1, -0.05) is 6.07 Å². The Hall–Kier alpha value is -3.95. The topological polar surface area (TPSA) is 119 Å². The molecule has 1 atom stereocenters. The van der Waals surface area contributed by atoms with Gasteiger partial charge in [0.1, 0.15) is 6.04 Å². The zero-order valence-corrected chi connectivity index (χ0v) is 18.6. The number of carbonyl (C=O) groups is 3. The van der Waals surface area contributed by atoms with Gasteiger partial charge in [0, 0.05) is 36.2 Å². The minimum Gasteiger partial charge on any atom is -0.493 e. The Bertz CT molecular complexity index is 1120. The molecule has 2 heterocycles. The summed E-state index contributed by atoms with van der Waals surface area (Å²) in [6.45, 7) is 2.52. The molecule has 10 heteroatoms. The Kier molecular flexibility index (Phi) is 6.25. The van der Waals surface area contributed by atoms with E-state index >= 15 is 0 Å². The average molecular weight is 452 g/mol. The minimum atomic E-state index is -0.688. The number of methoxy groups -OCH3 is 2. The molecule has 4 rings (SSSR count). The fourth-order valence-corrected chi connectivity index (χ4v) is 3.98. The highest BCUT2D eigenvalue weighted by Gasteiger charge is 2.39. The molecule has 1 saturated heterocycles. The van der Waals surface area contributed by atoms with E-state index < -0.39 is 11.9 Å². The summed E-state index contributed by atoms with van der Waals surface area (Å²) in [6, 6.07) is 7.85. The lowest BCUT2D eigenvalue weighted by atomic mass is 10.0. The Morgan fingerprint density at radius 2 is 1.82 bits per heavy atom. The number of imide groups is 1. The number of amides is 3. The van der Waals surface area contributed by atoms with E-state index in [-0.39, 0.29) is 24.8 Å². The highest BCUT2D eigenvalue weighted by molar-refractivity contribution is 6.06. The number of rotatable bonds is 7. The third kappa shape index (κ3) is 4.23. The average Bonchev–Trinajstić information content (AvgIpc) is 3.15. The molecular weight excluding hydrogens is 428 g/mol. The molecule has 2 aromatic rings. The van der Waals surface area contributed by atoms with Crippen LogP contribution in [0.1, 0.15) is 35.7 Å². The van der Waals surface area contributed by atoms with E-state index in [1.165, 1.54) is 19.1 Å². The van der Waals surface area contributed by atoms with E-state index in [0.717, 1.165) is 0 Å². The molecule has 0 spiro atoms. The first-order valence-corrected chi connectivity index (χ1v) is 10.5. The Morgan fingerprint density at radius 3 is 2.45 bits per heavy atom. The van der Waals surface area contributed by atoms with Gasteiger partial charge in [0.05, 0.1) is 32.2 Å². The van der Waals surface area contributed by atoms with Crippen molar-refractivity contribution >= 4 is 29.1 Å². The molecule has 172 valence electrons. The molecule has 0 aromatic heterocycles. The smallest absolute Gasteiger partial charge is 0.255 e. The highest BCUT2D eigenvalue weighted by Crippen LogP contribution is 2.42. The summed E-state index contributed by atoms with van der Waals surface area (Å²) in [5, 5.41) is 11.0. The van der Waals surface area contributed by atoms with Crippen molar-refractivity contribution in [3.63, 3.8) is 0 Å². The van der Waals surface area contributed by atoms with Crippen molar-refractivity contribution in [1.82, 2.24) is 10.2 Å². The number of fused-ring (bicyclic) bond motifs is 1. The van der Waals surface area contributed by atoms with Gasteiger partial charge in [-0.25, -0.2) is 0 Å². The zero-order valence-electron chi connectivity index (χ0n) is 18.6. The van der Waals surface area contributed by atoms with E-state index in [1.54, 1.807) is 30.3 Å². The van der Waals surface area contributed by atoms with Gasteiger partial charge in [0.2, 0.25) is 17.6 Å². The van der Waals surface area contributed by atoms with Crippen LogP contribution >= 0.6 is 0 Å². The predicted molar refractivity (Wildman–Crippen MR) is 117 cm³/mol. The number of piperidine rings is 1. The third-order valence-corrected chi connectivity index (χ3v) is 5.56. The summed E-state index contributed by atoms with van der Waals surface area (Å²) >= 11 is 0. The van der Waals surface area contributed by atoms with Crippen LogP contribution in [0.15, 0.2) is 40.6 Å². The lowest BCUT2D eigenvalue weighted by molar-refractivity contribution is -0.136. The number of azo groups is 1. The SMILES string of the molecule is CCOc1c(OC)cc(/N=N\c2cccc3c2CN(C2CCC(=O)NC2=O)C3=O)cc1OC. The standard InChI is InChI=1S/C23H24N4O6/c1-4-33-21-18(31-2)10-13(11-19(21)32-3)25-26-16-7-5-6-14-15(16)12-27(23(14)30)17-8-9-20(28)24-22(17)29/h5-7,10-11,17H,4,8-9,12H2,1-3H3,(H,24,28,29)/b26-25-. The summed E-state index contributed by atoms with van der Waals surface area (Å²) in [5.74, 6) is 0.360. The van der Waals surface area contributed by atoms with Crippen LogP contribution in [0.25, 0.3) is 0 Å². The molecule has 2 aromatic carbocycles. The molecule has 3 amide bonds. The number of nitrogens with zero attached hydrogens (tertiary/aromatic N) is 3. The molecule has 1 unspecified atom stereocenters. The van der Waals surface area contributed by atoms with Crippen LogP contribution in [0, 0.1) is 0 Å². The predicted octanol–water partition coefficient (Wildman–Crippen LogP) is 3.28. The van der Waals surface area contributed by atoms with Crippen molar-refractivity contribution < 1.29 is 28.6 Å². The van der Waals surface area contributed by atoms with Crippen LogP contribution < -0.4 is 19.5 Å². The maximum absolute atomic E-state index is 13.0. The third-order valence-electron chi connectivity index (χ3n) is 5.56. The number of hydrogen-bond donors (Lipinski definition) is 1. The number of nitrogens with one attached hydrogen (secondary N) is 1. The number of benzene rings is 2. The first-order chi connectivity index (χ1) is 16.0. The second-order valence-corrected chi connectivity index (χ2v) is 7.52. The molecule has 0 radical (unpaired) electrons. The fraction of sp³-hybridized carbons (Fsp3) is 0.348. The van der Waals surface area contributed by atoms with Gasteiger partial charge in [-0.05, 0) is 25.5 Å². The van der Waals surface area contributed by atoms with Gasteiger partial charge in [-0.2, -0.15) is 10.2 Å². The first kappa shape index (κ1) is 22.3. The Labute approximate surface area is 190 Å². The second-order valence-electron chi connectivity index (χ2n) is 7.52. The molecule has 0 bridgehead atoms. The van der Waals surface area contributed by atoms with Crippen molar-refractivity contribution in [3.8, 4) is 17.2 Å². The Balaban J connectivity index is 1.62. The van der Waals surface area contributed by atoms with Gasteiger partial charge < -0.3 is 19.1 Å². The molecule has 1 fully saturated rings. The van der Waals surface area contributed by atoms with E-state index in [1.807, 2.05) is 6.92 Å². The van der Waals surface area contributed by atoms with Crippen LogP contribution in [-0.2, 0) is 16.1 Å². The maximum atomic E-state index is 13.0. The van der Waals surface area contributed by atoms with Gasteiger partial charge in [-0.15, -0.1) is 0 Å². The zero-order chi connectivity index (χ0) is 23.5. The number of carbonyl (C=O) groups excluding carboxylic acids is 3. The molecule has 10 nitrogen and oxygen atoms in total. The summed E-state index contributed by atoms with van der Waals surface area (Å²) in [6.07, 6.45) is 0.498. The number of hydrogen-bond acceptors (Lipinski definition) is 8. The van der Waals surface area contributed by atoms with Gasteiger partial charge >= 0.3 is 0 Å². The molecule has 1 N–H and O–H groups in total. The fourth-order valence-electron chi connectivity index (χ4n) is 3.98. The van der Waals surface area contributed by atoms with Crippen molar-refractivity contribution in [2.45, 2.75) is 32.4 Å². The monoisotopic (exact) mass is 452 g/mol. The minimum absolute atomic E-state index is 0.199. The summed E-state index contributed by atoms with van der Waals surface area (Å²) in [5.41, 5.74) is 2.15. The summed E-state index contributed by atoms with van der Waals surface area (Å²) in [4.78, 5) is 38.2. The summed E-state index contributed by atoms with van der Waals surface area (Å²) < 4.78 is 16.4. The lowest BCUT2D eigenvalue weighted by Gasteiger charge is -2.29. The van der Waals surface area contributed by atoms with E-state index in [0.29, 0.717) is 52.8 Å². The van der Waals surface area contributed by atoms with Gasteiger partial charge in [0.15, 0.2) is 11.5 Å². The van der Waals surface area contributed by atoms with Gasteiger partial charge in [0.25, 0.3) is 5.91 Å². The van der Waals surface area contributed by atoms with Crippen LogP contribution in [0.5, 0.6) is 17.2 Å². The lowest BCUT2D eigenvalue weighted by Crippen LogP contribution is -2.52. The normalized spacial score (nSPS) is 17.8. The van der Waals surface area contributed by atoms with E-state index in [2.05, 4.69) is 15.5 Å². The first-order valence-electron chi connectivity index (χ1n) is 10.5. The highest BCUT2D eigenvalue weighted by atomic mass is 16.5. The number of ether oxygens (including phenoxy) is 3. The molecule has 2 aliphatic rings. The van der Waals surface area contributed by atoms with Crippen molar-refractivity contribution in [1.29, 1.82) is 0 Å². The molecular formula is C23H24N4O6. The summed E-state index contributed by atoms with van der Waals surface area (Å²) in [7, 11) is 3.05. The maximum Gasteiger partial charge on any atom is 0.255 e. The van der Waals surface area contributed by atoms with E-state index in [4.69, 9.17) is 14.2 Å². The van der Waals surface area contributed by atoms with Crippen LogP contribution in [-0.4, -0.2) is 49.5 Å². The van der Waals surface area contributed by atoms with Crippen molar-refractivity contribution in [3.05, 3.63) is 41.5 Å². The molecule has 2 aliphatic heterocycles. The molecule has 0 aliphatic carbocycles. The Morgan fingerprint density at radius 1 is 1.09 bits per heavy atom. The largest absolute Gasteiger partial charge is 0.493 e.